The SMILES string of the molecule is CN(C)CCCOc1ccc(-c2nc(-c3ccc4c(c3)CC/C4=N/O)c(-c3ccncc3)[nH]2)cc1. The molecule has 0 atom stereocenters. The molecule has 178 valence electrons. The van der Waals surface area contributed by atoms with E-state index in [2.05, 4.69) is 40.2 Å². The van der Waals surface area contributed by atoms with Crippen molar-refractivity contribution in [3.63, 3.8) is 0 Å². The molecular formula is C28H29N5O2. The number of ether oxygens (including phenoxy) is 1. The van der Waals surface area contributed by atoms with Crippen molar-refractivity contribution in [3.8, 4) is 39.7 Å². The van der Waals surface area contributed by atoms with Gasteiger partial charge in [0, 0.05) is 41.2 Å². The number of nitrogens with zero attached hydrogens (tertiary/aromatic N) is 4. The Morgan fingerprint density at radius 2 is 1.74 bits per heavy atom. The standard InChI is InChI=1S/C28H29N5O2/c1-33(2)16-3-17-35-23-8-4-20(5-9-23)28-30-26(19-12-14-29-15-13-19)27(31-28)22-6-10-24-21(18-22)7-11-25(24)32-34/h4-6,8-10,12-15,18,34H,3,7,11,16-17H2,1-2H3,(H,30,31)/b32-25-. The van der Waals surface area contributed by atoms with E-state index in [1.165, 1.54) is 5.56 Å². The lowest BCUT2D eigenvalue weighted by atomic mass is 10.0. The molecule has 1 aliphatic carbocycles. The fraction of sp³-hybridized carbons (Fsp3) is 0.250. The molecule has 7 nitrogen and oxygen atoms in total. The van der Waals surface area contributed by atoms with Gasteiger partial charge in [0.1, 0.15) is 11.6 Å². The van der Waals surface area contributed by atoms with Crippen LogP contribution in [0.15, 0.2) is 72.1 Å². The largest absolute Gasteiger partial charge is 0.494 e. The third-order valence-corrected chi connectivity index (χ3v) is 6.26. The molecule has 0 bridgehead atoms. The molecule has 0 unspecified atom stereocenters. The minimum atomic E-state index is 0.690. The van der Waals surface area contributed by atoms with Crippen molar-refractivity contribution in [1.29, 1.82) is 0 Å². The lowest BCUT2D eigenvalue weighted by molar-refractivity contribution is 0.281. The highest BCUT2D eigenvalue weighted by Crippen LogP contribution is 2.35. The number of aryl methyl sites for hydroxylation is 1. The summed E-state index contributed by atoms with van der Waals surface area (Å²) in [6.07, 6.45) is 6.17. The average molecular weight is 468 g/mol. The van der Waals surface area contributed by atoms with E-state index in [1.807, 2.05) is 48.5 Å². The quantitative estimate of drug-likeness (QED) is 0.210. The summed E-state index contributed by atoms with van der Waals surface area (Å²) in [5.74, 6) is 1.65. The van der Waals surface area contributed by atoms with Gasteiger partial charge in [0.05, 0.1) is 23.7 Å². The van der Waals surface area contributed by atoms with Crippen LogP contribution < -0.4 is 4.74 Å². The average Bonchev–Trinajstić information content (AvgIpc) is 3.51. The van der Waals surface area contributed by atoms with Gasteiger partial charge in [-0.3, -0.25) is 4.98 Å². The van der Waals surface area contributed by atoms with Gasteiger partial charge in [0.15, 0.2) is 0 Å². The van der Waals surface area contributed by atoms with Crippen LogP contribution in [0.1, 0.15) is 24.0 Å². The Kier molecular flexibility index (Phi) is 6.59. The van der Waals surface area contributed by atoms with E-state index in [9.17, 15) is 5.21 Å². The zero-order valence-electron chi connectivity index (χ0n) is 20.0. The van der Waals surface area contributed by atoms with Crippen LogP contribution in [0.25, 0.3) is 33.9 Å². The first kappa shape index (κ1) is 22.8. The molecular weight excluding hydrogens is 438 g/mol. The van der Waals surface area contributed by atoms with E-state index >= 15 is 0 Å². The van der Waals surface area contributed by atoms with Crippen molar-refractivity contribution in [2.24, 2.45) is 5.16 Å². The number of nitrogens with one attached hydrogen (secondary N) is 1. The monoisotopic (exact) mass is 467 g/mol. The van der Waals surface area contributed by atoms with Crippen molar-refractivity contribution >= 4 is 5.71 Å². The number of pyridine rings is 1. The minimum absolute atomic E-state index is 0.690. The Bertz CT molecular complexity index is 1330. The lowest BCUT2D eigenvalue weighted by Gasteiger charge is -2.10. The zero-order valence-corrected chi connectivity index (χ0v) is 20.0. The second-order valence-electron chi connectivity index (χ2n) is 8.99. The van der Waals surface area contributed by atoms with Crippen LogP contribution >= 0.6 is 0 Å². The smallest absolute Gasteiger partial charge is 0.138 e. The number of H-pyrrole nitrogens is 1. The Balaban J connectivity index is 1.46. The van der Waals surface area contributed by atoms with Crippen LogP contribution in [0.5, 0.6) is 5.75 Å². The third-order valence-electron chi connectivity index (χ3n) is 6.26. The van der Waals surface area contributed by atoms with E-state index < -0.39 is 0 Å². The first-order valence-corrected chi connectivity index (χ1v) is 11.9. The first-order valence-electron chi connectivity index (χ1n) is 11.9. The van der Waals surface area contributed by atoms with Gasteiger partial charge in [-0.1, -0.05) is 17.3 Å². The summed E-state index contributed by atoms with van der Waals surface area (Å²) in [6, 6.07) is 18.2. The van der Waals surface area contributed by atoms with Crippen LogP contribution in [-0.4, -0.2) is 58.0 Å². The van der Waals surface area contributed by atoms with Gasteiger partial charge in [-0.25, -0.2) is 4.98 Å². The molecule has 2 N–H and O–H groups in total. The maximum atomic E-state index is 9.28. The summed E-state index contributed by atoms with van der Waals surface area (Å²) in [5, 5.41) is 12.7. The highest BCUT2D eigenvalue weighted by Gasteiger charge is 2.21. The summed E-state index contributed by atoms with van der Waals surface area (Å²) in [5.41, 5.74) is 7.80. The lowest BCUT2D eigenvalue weighted by Crippen LogP contribution is -2.15. The number of benzene rings is 2. The van der Waals surface area contributed by atoms with Crippen molar-refractivity contribution in [3.05, 3.63) is 78.1 Å². The summed E-state index contributed by atoms with van der Waals surface area (Å²) in [6.45, 7) is 1.69. The highest BCUT2D eigenvalue weighted by atomic mass is 16.5. The van der Waals surface area contributed by atoms with Gasteiger partial charge in [-0.2, -0.15) is 0 Å². The number of aromatic amines is 1. The maximum Gasteiger partial charge on any atom is 0.138 e. The van der Waals surface area contributed by atoms with Gasteiger partial charge in [-0.05, 0) is 81.4 Å². The second-order valence-corrected chi connectivity index (χ2v) is 8.99. The van der Waals surface area contributed by atoms with E-state index in [1.54, 1.807) is 12.4 Å². The molecule has 0 aliphatic heterocycles. The summed E-state index contributed by atoms with van der Waals surface area (Å²) in [4.78, 5) is 14.9. The van der Waals surface area contributed by atoms with Gasteiger partial charge in [0.2, 0.25) is 0 Å². The van der Waals surface area contributed by atoms with Crippen LogP contribution in [-0.2, 0) is 6.42 Å². The molecule has 0 fully saturated rings. The maximum absolute atomic E-state index is 9.28. The topological polar surface area (TPSA) is 86.6 Å². The molecule has 0 amide bonds. The van der Waals surface area contributed by atoms with E-state index in [4.69, 9.17) is 9.72 Å². The van der Waals surface area contributed by atoms with Crippen LogP contribution in [0.4, 0.5) is 0 Å². The summed E-state index contributed by atoms with van der Waals surface area (Å²) in [7, 11) is 4.13. The molecule has 1 aliphatic rings. The predicted octanol–water partition coefficient (Wildman–Crippen LogP) is 5.26. The Labute approximate surface area is 205 Å². The number of imidazole rings is 1. The molecule has 2 aromatic heterocycles. The van der Waals surface area contributed by atoms with E-state index in [0.29, 0.717) is 6.61 Å². The molecule has 4 aromatic rings. The number of fused-ring (bicyclic) bond motifs is 1. The van der Waals surface area contributed by atoms with Crippen molar-refractivity contribution in [1.82, 2.24) is 19.9 Å². The number of hydrogen-bond donors (Lipinski definition) is 2. The van der Waals surface area contributed by atoms with Gasteiger partial charge in [-0.15, -0.1) is 0 Å². The van der Waals surface area contributed by atoms with E-state index in [-0.39, 0.29) is 0 Å². The van der Waals surface area contributed by atoms with Crippen molar-refractivity contribution in [2.45, 2.75) is 19.3 Å². The molecule has 0 spiro atoms. The highest BCUT2D eigenvalue weighted by molar-refractivity contribution is 6.04. The molecule has 2 aromatic carbocycles. The number of oxime groups is 1. The zero-order chi connectivity index (χ0) is 24.2. The third kappa shape index (κ3) is 4.95. The predicted molar refractivity (Wildman–Crippen MR) is 138 cm³/mol. The number of rotatable bonds is 8. The Morgan fingerprint density at radius 1 is 0.971 bits per heavy atom. The van der Waals surface area contributed by atoms with Crippen LogP contribution in [0.2, 0.25) is 0 Å². The van der Waals surface area contributed by atoms with Crippen LogP contribution in [0, 0.1) is 0 Å². The van der Waals surface area contributed by atoms with E-state index in [0.717, 1.165) is 76.7 Å². The molecule has 2 heterocycles. The van der Waals surface area contributed by atoms with Gasteiger partial charge < -0.3 is 19.8 Å². The summed E-state index contributed by atoms with van der Waals surface area (Å²) < 4.78 is 5.88. The first-order chi connectivity index (χ1) is 17.1. The van der Waals surface area contributed by atoms with Crippen molar-refractivity contribution in [2.75, 3.05) is 27.2 Å². The van der Waals surface area contributed by atoms with Crippen molar-refractivity contribution < 1.29 is 9.94 Å². The molecule has 35 heavy (non-hydrogen) atoms. The molecule has 0 radical (unpaired) electrons. The number of hydrogen-bond acceptors (Lipinski definition) is 6. The Morgan fingerprint density at radius 3 is 2.49 bits per heavy atom. The molecule has 5 rings (SSSR count). The minimum Gasteiger partial charge on any atom is -0.494 e. The van der Waals surface area contributed by atoms with Gasteiger partial charge in [0.25, 0.3) is 0 Å². The fourth-order valence-electron chi connectivity index (χ4n) is 4.45. The second kappa shape index (κ2) is 10.1. The Hall–Kier alpha value is -3.97. The van der Waals surface area contributed by atoms with Gasteiger partial charge >= 0.3 is 0 Å². The normalized spacial score (nSPS) is 14.0. The molecule has 7 heteroatoms. The van der Waals surface area contributed by atoms with Crippen LogP contribution in [0.3, 0.4) is 0 Å². The number of aromatic nitrogens is 3. The fourth-order valence-corrected chi connectivity index (χ4v) is 4.45. The molecule has 0 saturated carbocycles. The summed E-state index contributed by atoms with van der Waals surface area (Å²) >= 11 is 0. The molecule has 0 saturated heterocycles.